The molecule has 0 fully saturated rings. The summed E-state index contributed by atoms with van der Waals surface area (Å²) in [6.07, 6.45) is 4.33. The van der Waals surface area contributed by atoms with E-state index in [2.05, 4.69) is 0 Å². The average molecular weight is 277 g/mol. The Bertz CT molecular complexity index is 380. The number of carbonyl (C=O) groups excluding carboxylic acids is 1. The first-order chi connectivity index (χ1) is 8.15. The van der Waals surface area contributed by atoms with Gasteiger partial charge in [0.2, 0.25) is 0 Å². The van der Waals surface area contributed by atoms with Gasteiger partial charge in [0, 0.05) is 17.9 Å². The molecule has 1 aromatic carbocycles. The molecule has 1 nitrogen and oxygen atoms in total. The summed E-state index contributed by atoms with van der Waals surface area (Å²) in [5.41, 5.74) is 0.480. The largest absolute Gasteiger partial charge is 0.294 e. The Morgan fingerprint density at radius 1 is 1.18 bits per heavy atom. The molecule has 0 aromatic heterocycles. The molecule has 0 bridgehead atoms. The van der Waals surface area contributed by atoms with Crippen molar-refractivity contribution in [2.45, 2.75) is 32.1 Å². The van der Waals surface area contributed by atoms with Gasteiger partial charge in [-0.15, -0.1) is 11.6 Å². The van der Waals surface area contributed by atoms with E-state index in [4.69, 9.17) is 23.2 Å². The van der Waals surface area contributed by atoms with E-state index in [1.54, 1.807) is 0 Å². The highest BCUT2D eigenvalue weighted by Crippen LogP contribution is 2.18. The Morgan fingerprint density at radius 3 is 2.53 bits per heavy atom. The number of alkyl halides is 1. The van der Waals surface area contributed by atoms with Crippen molar-refractivity contribution in [1.82, 2.24) is 0 Å². The van der Waals surface area contributed by atoms with Crippen molar-refractivity contribution in [3.8, 4) is 0 Å². The average Bonchev–Trinajstić information content (AvgIpc) is 2.32. The molecule has 1 aromatic rings. The first kappa shape index (κ1) is 14.5. The molecule has 0 atom stereocenters. The normalized spacial score (nSPS) is 10.5. The summed E-state index contributed by atoms with van der Waals surface area (Å²) in [7, 11) is 0. The van der Waals surface area contributed by atoms with Crippen LogP contribution in [-0.2, 0) is 0 Å². The van der Waals surface area contributed by atoms with Gasteiger partial charge in [0.05, 0.1) is 5.02 Å². The Hall–Kier alpha value is -0.600. The molecule has 0 aliphatic heterocycles. The van der Waals surface area contributed by atoms with Crippen LogP contribution >= 0.6 is 23.2 Å². The third kappa shape index (κ3) is 5.05. The summed E-state index contributed by atoms with van der Waals surface area (Å²) < 4.78 is 12.9. The molecule has 0 N–H and O–H groups in total. The lowest BCUT2D eigenvalue weighted by Gasteiger charge is -2.02. The van der Waals surface area contributed by atoms with Crippen LogP contribution in [0.3, 0.4) is 0 Å². The number of hydrogen-bond donors (Lipinski definition) is 0. The molecular formula is C13H15Cl2FO. The number of Topliss-reactive ketones (excluding diaryl/α,β-unsaturated/α-hetero) is 1. The van der Waals surface area contributed by atoms with Crippen LogP contribution in [-0.4, -0.2) is 11.7 Å². The summed E-state index contributed by atoms with van der Waals surface area (Å²) in [6.45, 7) is 0. The van der Waals surface area contributed by atoms with Crippen LogP contribution in [0.4, 0.5) is 4.39 Å². The van der Waals surface area contributed by atoms with Gasteiger partial charge >= 0.3 is 0 Å². The molecule has 0 heterocycles. The van der Waals surface area contributed by atoms with E-state index in [0.717, 1.165) is 25.7 Å². The zero-order valence-corrected chi connectivity index (χ0v) is 11.0. The lowest BCUT2D eigenvalue weighted by Crippen LogP contribution is -1.99. The summed E-state index contributed by atoms with van der Waals surface area (Å²) in [4.78, 5) is 11.7. The van der Waals surface area contributed by atoms with Gasteiger partial charge in [-0.3, -0.25) is 4.79 Å². The van der Waals surface area contributed by atoms with E-state index in [9.17, 15) is 9.18 Å². The first-order valence-electron chi connectivity index (χ1n) is 5.69. The molecule has 1 rings (SSSR count). The maximum atomic E-state index is 12.9. The van der Waals surface area contributed by atoms with Gasteiger partial charge in [-0.05, 0) is 31.0 Å². The van der Waals surface area contributed by atoms with Crippen molar-refractivity contribution in [2.75, 3.05) is 5.88 Å². The molecule has 0 saturated carbocycles. The van der Waals surface area contributed by atoms with E-state index in [0.29, 0.717) is 17.9 Å². The molecule has 94 valence electrons. The minimum absolute atomic E-state index is 0.00186. The van der Waals surface area contributed by atoms with E-state index >= 15 is 0 Å². The van der Waals surface area contributed by atoms with Crippen molar-refractivity contribution in [1.29, 1.82) is 0 Å². The van der Waals surface area contributed by atoms with Crippen molar-refractivity contribution in [2.24, 2.45) is 0 Å². The fourth-order valence-electron chi connectivity index (χ4n) is 1.55. The number of benzene rings is 1. The predicted molar refractivity (Wildman–Crippen MR) is 69.5 cm³/mol. The monoisotopic (exact) mass is 276 g/mol. The molecule has 0 spiro atoms. The Labute approximate surface area is 111 Å². The number of ketones is 1. The molecule has 0 unspecified atom stereocenters. The third-order valence-electron chi connectivity index (χ3n) is 2.53. The molecule has 17 heavy (non-hydrogen) atoms. The number of unbranched alkanes of at least 4 members (excludes halogenated alkanes) is 3. The predicted octanol–water partition coefficient (Wildman–Crippen LogP) is 4.85. The maximum Gasteiger partial charge on any atom is 0.162 e. The molecule has 0 saturated heterocycles. The van der Waals surface area contributed by atoms with Crippen LogP contribution in [0.25, 0.3) is 0 Å². The summed E-state index contributed by atoms with van der Waals surface area (Å²) in [6, 6.07) is 4.09. The van der Waals surface area contributed by atoms with Gasteiger partial charge < -0.3 is 0 Å². The van der Waals surface area contributed by atoms with E-state index < -0.39 is 5.82 Å². The van der Waals surface area contributed by atoms with Crippen LogP contribution in [0.2, 0.25) is 5.02 Å². The minimum atomic E-state index is -0.495. The van der Waals surface area contributed by atoms with Gasteiger partial charge in [-0.1, -0.05) is 24.4 Å². The lowest BCUT2D eigenvalue weighted by atomic mass is 10.0. The van der Waals surface area contributed by atoms with E-state index in [-0.39, 0.29) is 10.8 Å². The first-order valence-corrected chi connectivity index (χ1v) is 6.60. The summed E-state index contributed by atoms with van der Waals surface area (Å²) in [5, 5.41) is -0.00186. The highest BCUT2D eigenvalue weighted by Gasteiger charge is 2.08. The number of halogens is 3. The fourth-order valence-corrected chi connectivity index (χ4v) is 1.92. The van der Waals surface area contributed by atoms with Crippen molar-refractivity contribution >= 4 is 29.0 Å². The van der Waals surface area contributed by atoms with Crippen molar-refractivity contribution in [3.05, 3.63) is 34.6 Å². The quantitative estimate of drug-likeness (QED) is 0.395. The second kappa shape index (κ2) is 7.67. The number of rotatable bonds is 7. The topological polar surface area (TPSA) is 17.1 Å². The number of carbonyl (C=O) groups is 1. The van der Waals surface area contributed by atoms with Gasteiger partial charge in [-0.25, -0.2) is 4.39 Å². The SMILES string of the molecule is O=C(CCCCCCCl)c1ccc(F)c(Cl)c1. The van der Waals surface area contributed by atoms with Crippen molar-refractivity contribution in [3.63, 3.8) is 0 Å². The van der Waals surface area contributed by atoms with Crippen LogP contribution in [0.5, 0.6) is 0 Å². The minimum Gasteiger partial charge on any atom is -0.294 e. The fraction of sp³-hybridized carbons (Fsp3) is 0.462. The Morgan fingerprint density at radius 2 is 1.88 bits per heavy atom. The second-order valence-electron chi connectivity index (χ2n) is 3.91. The third-order valence-corrected chi connectivity index (χ3v) is 3.09. The van der Waals surface area contributed by atoms with Gasteiger partial charge in [0.15, 0.2) is 5.78 Å². The molecule has 0 amide bonds. The maximum absolute atomic E-state index is 12.9. The molecular weight excluding hydrogens is 262 g/mol. The van der Waals surface area contributed by atoms with Crippen LogP contribution in [0.15, 0.2) is 18.2 Å². The van der Waals surface area contributed by atoms with Crippen LogP contribution in [0.1, 0.15) is 42.5 Å². The zero-order chi connectivity index (χ0) is 12.7. The Balaban J connectivity index is 2.39. The second-order valence-corrected chi connectivity index (χ2v) is 4.69. The highest BCUT2D eigenvalue weighted by atomic mass is 35.5. The molecule has 0 aliphatic carbocycles. The standard InChI is InChI=1S/C13H15Cl2FO/c14-8-4-2-1-3-5-13(17)10-6-7-12(16)11(15)9-10/h6-7,9H,1-5,8H2. The van der Waals surface area contributed by atoms with Gasteiger partial charge in [0.25, 0.3) is 0 Å². The van der Waals surface area contributed by atoms with Crippen LogP contribution in [0, 0.1) is 5.82 Å². The van der Waals surface area contributed by atoms with Crippen molar-refractivity contribution < 1.29 is 9.18 Å². The smallest absolute Gasteiger partial charge is 0.162 e. The Kier molecular flexibility index (Phi) is 6.53. The molecule has 0 aliphatic rings. The zero-order valence-electron chi connectivity index (χ0n) is 9.52. The number of hydrogen-bond acceptors (Lipinski definition) is 1. The van der Waals surface area contributed by atoms with Gasteiger partial charge in [0.1, 0.15) is 5.82 Å². The summed E-state index contributed by atoms with van der Waals surface area (Å²) >= 11 is 11.2. The molecule has 0 radical (unpaired) electrons. The highest BCUT2D eigenvalue weighted by molar-refractivity contribution is 6.31. The van der Waals surface area contributed by atoms with Crippen LogP contribution < -0.4 is 0 Å². The molecule has 4 heteroatoms. The van der Waals surface area contributed by atoms with E-state index in [1.165, 1.54) is 18.2 Å². The van der Waals surface area contributed by atoms with Gasteiger partial charge in [-0.2, -0.15) is 0 Å². The lowest BCUT2D eigenvalue weighted by molar-refractivity contribution is 0.0979. The summed E-state index contributed by atoms with van der Waals surface area (Å²) in [5.74, 6) is 0.185. The van der Waals surface area contributed by atoms with E-state index in [1.807, 2.05) is 0 Å².